The van der Waals surface area contributed by atoms with Gasteiger partial charge in [-0.3, -0.25) is 9.59 Å². The number of nitrogens with two attached hydrogens (primary N) is 1. The van der Waals surface area contributed by atoms with Gasteiger partial charge >= 0.3 is 6.09 Å². The van der Waals surface area contributed by atoms with Crippen molar-refractivity contribution in [1.29, 1.82) is 0 Å². The summed E-state index contributed by atoms with van der Waals surface area (Å²) in [6.07, 6.45) is -0.830. The number of ether oxygens (including phenoxy) is 2. The standard InChI is InChI=1S/C19H27N5O6/c1-9-13(22-4-3-21-5-6-30-18(20)28)16(27)12-10(8-25)19(29-2)17-11(23-17)7-24(19)14(12)15(9)26/h10-11,17,21-23,25H,3-8H2,1-2H3,(H2,20,28). The average Bonchev–Trinajstić information content (AvgIpc) is 3.33. The summed E-state index contributed by atoms with van der Waals surface area (Å²) in [4.78, 5) is 38.9. The van der Waals surface area contributed by atoms with Crippen LogP contribution in [0.1, 0.15) is 6.92 Å². The number of aliphatic hydroxyl groups excluding tert-OH is 1. The second-order valence-electron chi connectivity index (χ2n) is 7.82. The molecule has 0 aromatic carbocycles. The minimum atomic E-state index is -0.910. The maximum Gasteiger partial charge on any atom is 0.404 e. The van der Waals surface area contributed by atoms with E-state index in [0.29, 0.717) is 43.0 Å². The van der Waals surface area contributed by atoms with Crippen molar-refractivity contribution in [3.8, 4) is 0 Å². The average molecular weight is 421 g/mol. The largest absolute Gasteiger partial charge is 0.448 e. The molecule has 11 nitrogen and oxygen atoms in total. The van der Waals surface area contributed by atoms with Gasteiger partial charge in [0.25, 0.3) is 0 Å². The van der Waals surface area contributed by atoms with E-state index < -0.39 is 17.7 Å². The minimum absolute atomic E-state index is 0.0191. The molecule has 4 rings (SSSR count). The van der Waals surface area contributed by atoms with Crippen LogP contribution in [-0.2, 0) is 19.1 Å². The summed E-state index contributed by atoms with van der Waals surface area (Å²) in [6, 6.07) is 0.179. The molecule has 6 N–H and O–H groups in total. The first-order valence-corrected chi connectivity index (χ1v) is 9.99. The molecule has 0 saturated carbocycles. The number of primary amides is 1. The van der Waals surface area contributed by atoms with Crippen LogP contribution in [0.3, 0.4) is 0 Å². The van der Waals surface area contributed by atoms with Gasteiger partial charge in [-0.1, -0.05) is 0 Å². The highest BCUT2D eigenvalue weighted by Crippen LogP contribution is 2.55. The molecule has 0 aromatic heterocycles. The van der Waals surface area contributed by atoms with Gasteiger partial charge in [0, 0.05) is 50.5 Å². The summed E-state index contributed by atoms with van der Waals surface area (Å²) < 4.78 is 10.5. The van der Waals surface area contributed by atoms with Gasteiger partial charge in [0.15, 0.2) is 5.72 Å². The fourth-order valence-corrected chi connectivity index (χ4v) is 4.98. The zero-order chi connectivity index (χ0) is 21.6. The number of fused-ring (bicyclic) bond motifs is 4. The van der Waals surface area contributed by atoms with Crippen LogP contribution in [0.4, 0.5) is 4.79 Å². The van der Waals surface area contributed by atoms with E-state index in [2.05, 4.69) is 20.7 Å². The Labute approximate surface area is 173 Å². The van der Waals surface area contributed by atoms with Crippen molar-refractivity contribution in [2.45, 2.75) is 24.7 Å². The molecule has 0 bridgehead atoms. The van der Waals surface area contributed by atoms with Crippen molar-refractivity contribution in [1.82, 2.24) is 20.9 Å². The summed E-state index contributed by atoms with van der Waals surface area (Å²) in [5.41, 5.74) is 5.27. The molecule has 3 aliphatic heterocycles. The Kier molecular flexibility index (Phi) is 5.30. The molecule has 4 atom stereocenters. The Hall–Kier alpha value is -2.47. The highest BCUT2D eigenvalue weighted by atomic mass is 16.5. The Morgan fingerprint density at radius 2 is 2.10 bits per heavy atom. The molecule has 11 heteroatoms. The zero-order valence-electron chi connectivity index (χ0n) is 17.0. The molecule has 0 spiro atoms. The second-order valence-corrected chi connectivity index (χ2v) is 7.82. The molecular formula is C19H27N5O6. The normalized spacial score (nSPS) is 31.7. The maximum absolute atomic E-state index is 13.3. The van der Waals surface area contributed by atoms with Crippen LogP contribution in [0.15, 0.2) is 22.5 Å². The molecule has 2 saturated heterocycles. The smallest absolute Gasteiger partial charge is 0.404 e. The summed E-state index contributed by atoms with van der Waals surface area (Å²) in [5.74, 6) is -1.09. The van der Waals surface area contributed by atoms with Crippen LogP contribution in [0.25, 0.3) is 0 Å². The van der Waals surface area contributed by atoms with Crippen LogP contribution in [0.5, 0.6) is 0 Å². The number of rotatable bonds is 9. The van der Waals surface area contributed by atoms with Crippen molar-refractivity contribution in [3.63, 3.8) is 0 Å². The fraction of sp³-hybridized carbons (Fsp3) is 0.632. The van der Waals surface area contributed by atoms with E-state index in [4.69, 9.17) is 10.5 Å². The lowest BCUT2D eigenvalue weighted by Gasteiger charge is -2.39. The lowest BCUT2D eigenvalue weighted by atomic mass is 9.82. The maximum atomic E-state index is 13.3. The topological polar surface area (TPSA) is 165 Å². The number of hydrogen-bond acceptors (Lipinski definition) is 10. The van der Waals surface area contributed by atoms with E-state index in [-0.39, 0.29) is 42.6 Å². The molecule has 0 aromatic rings. The quantitative estimate of drug-likeness (QED) is 0.153. The van der Waals surface area contributed by atoms with Crippen molar-refractivity contribution < 1.29 is 29.0 Å². The highest BCUT2D eigenvalue weighted by molar-refractivity contribution is 6.25. The summed E-state index contributed by atoms with van der Waals surface area (Å²) >= 11 is 0. The van der Waals surface area contributed by atoms with Gasteiger partial charge in [0.2, 0.25) is 11.6 Å². The number of nitrogens with one attached hydrogen (secondary N) is 3. The Bertz CT molecular complexity index is 854. The first-order chi connectivity index (χ1) is 14.4. The van der Waals surface area contributed by atoms with Crippen molar-refractivity contribution in [2.24, 2.45) is 11.7 Å². The number of carbonyl (C=O) groups excluding carboxylic acids is 3. The number of aliphatic hydroxyl groups is 1. The van der Waals surface area contributed by atoms with Crippen molar-refractivity contribution in [2.75, 3.05) is 46.5 Å². The molecular weight excluding hydrogens is 394 g/mol. The van der Waals surface area contributed by atoms with Crippen LogP contribution < -0.4 is 21.7 Å². The van der Waals surface area contributed by atoms with E-state index >= 15 is 0 Å². The lowest BCUT2D eigenvalue weighted by molar-refractivity contribution is -0.137. The van der Waals surface area contributed by atoms with Gasteiger partial charge in [-0.25, -0.2) is 4.79 Å². The third kappa shape index (κ3) is 2.92. The van der Waals surface area contributed by atoms with Crippen LogP contribution >= 0.6 is 0 Å². The molecule has 30 heavy (non-hydrogen) atoms. The molecule has 0 radical (unpaired) electrons. The predicted molar refractivity (Wildman–Crippen MR) is 104 cm³/mol. The van der Waals surface area contributed by atoms with Crippen molar-refractivity contribution in [3.05, 3.63) is 22.5 Å². The number of amides is 1. The van der Waals surface area contributed by atoms with E-state index in [1.807, 2.05) is 4.90 Å². The number of ketones is 2. The Morgan fingerprint density at radius 3 is 2.77 bits per heavy atom. The summed E-state index contributed by atoms with van der Waals surface area (Å²) in [6.45, 7) is 3.35. The zero-order valence-corrected chi connectivity index (χ0v) is 17.0. The van der Waals surface area contributed by atoms with E-state index in [0.717, 1.165) is 0 Å². The molecule has 3 heterocycles. The number of Topliss-reactive ketones (excluding diaryl/α,β-unsaturated/α-hetero) is 2. The summed E-state index contributed by atoms with van der Waals surface area (Å²) in [7, 11) is 1.55. The number of piperazine rings is 1. The van der Waals surface area contributed by atoms with Gasteiger partial charge in [-0.15, -0.1) is 0 Å². The predicted octanol–water partition coefficient (Wildman–Crippen LogP) is -2.44. The molecule has 2 fully saturated rings. The summed E-state index contributed by atoms with van der Waals surface area (Å²) in [5, 5.41) is 19.6. The number of hydrogen-bond donors (Lipinski definition) is 5. The van der Waals surface area contributed by atoms with Crippen LogP contribution in [0, 0.1) is 5.92 Å². The van der Waals surface area contributed by atoms with E-state index in [1.165, 1.54) is 0 Å². The number of carbonyl (C=O) groups is 3. The lowest BCUT2D eigenvalue weighted by Crippen LogP contribution is -2.54. The van der Waals surface area contributed by atoms with E-state index in [1.54, 1.807) is 14.0 Å². The van der Waals surface area contributed by atoms with Gasteiger partial charge in [-0.2, -0.15) is 0 Å². The van der Waals surface area contributed by atoms with Gasteiger partial charge in [0.05, 0.1) is 30.0 Å². The third-order valence-corrected chi connectivity index (χ3v) is 6.35. The first kappa shape index (κ1) is 20.8. The highest BCUT2D eigenvalue weighted by Gasteiger charge is 2.72. The van der Waals surface area contributed by atoms with Crippen molar-refractivity contribution >= 4 is 17.7 Å². The second kappa shape index (κ2) is 7.65. The SMILES string of the molecule is COC12C(CO)C3=C(C(=O)C(C)=C(NCCNCCOC(N)=O)C3=O)N1CC1NC12. The number of allylic oxidation sites excluding steroid dienone is 2. The first-order valence-electron chi connectivity index (χ1n) is 9.99. The number of methoxy groups -OCH3 is 1. The molecule has 1 aliphatic carbocycles. The third-order valence-electron chi connectivity index (χ3n) is 6.35. The number of nitrogens with zero attached hydrogens (tertiary/aromatic N) is 1. The van der Waals surface area contributed by atoms with Gasteiger partial charge in [-0.05, 0) is 6.92 Å². The van der Waals surface area contributed by atoms with E-state index in [9.17, 15) is 19.5 Å². The molecule has 164 valence electrons. The molecule has 1 amide bonds. The minimum Gasteiger partial charge on any atom is -0.448 e. The molecule has 4 aliphatic rings. The monoisotopic (exact) mass is 421 g/mol. The van der Waals surface area contributed by atoms with Gasteiger partial charge in [0.1, 0.15) is 6.61 Å². The Morgan fingerprint density at radius 1 is 1.33 bits per heavy atom. The van der Waals surface area contributed by atoms with Gasteiger partial charge < -0.3 is 41.2 Å². The molecule has 4 unspecified atom stereocenters. The van der Waals surface area contributed by atoms with Crippen LogP contribution in [0.2, 0.25) is 0 Å². The van der Waals surface area contributed by atoms with Crippen LogP contribution in [-0.4, -0.2) is 92.0 Å². The Balaban J connectivity index is 1.46. The fourth-order valence-electron chi connectivity index (χ4n) is 4.98.